The van der Waals surface area contributed by atoms with E-state index in [-0.39, 0.29) is 11.3 Å². The Balaban J connectivity index is 1.82. The first kappa shape index (κ1) is 13.1. The Labute approximate surface area is 136 Å². The van der Waals surface area contributed by atoms with Crippen molar-refractivity contribution in [1.29, 1.82) is 0 Å². The van der Waals surface area contributed by atoms with E-state index < -0.39 is 0 Å². The molecule has 4 nitrogen and oxygen atoms in total. The van der Waals surface area contributed by atoms with Gasteiger partial charge in [-0.05, 0) is 30.4 Å². The molecule has 0 atom stereocenters. The van der Waals surface area contributed by atoms with Crippen LogP contribution in [-0.4, -0.2) is 14.7 Å². The summed E-state index contributed by atoms with van der Waals surface area (Å²) in [4.78, 5) is 19.2. The number of hydrogen-bond acceptors (Lipinski definition) is 4. The van der Waals surface area contributed by atoms with Crippen molar-refractivity contribution in [2.45, 2.75) is 25.8 Å². The van der Waals surface area contributed by atoms with Gasteiger partial charge in [-0.1, -0.05) is 30.3 Å². The van der Waals surface area contributed by atoms with Gasteiger partial charge < -0.3 is 9.67 Å². The summed E-state index contributed by atoms with van der Waals surface area (Å²) in [5.74, 6) is 0.871. The Morgan fingerprint density at radius 3 is 2.83 bits per heavy atom. The van der Waals surface area contributed by atoms with E-state index in [4.69, 9.17) is 0 Å². The molecule has 5 rings (SSSR count). The zero-order valence-corrected chi connectivity index (χ0v) is 13.2. The van der Waals surface area contributed by atoms with Crippen LogP contribution in [0.1, 0.15) is 28.2 Å². The number of aliphatic hydroxyl groups excluding tert-OH is 1. The van der Waals surface area contributed by atoms with Crippen molar-refractivity contribution in [1.82, 2.24) is 9.55 Å². The fraction of sp³-hybridized carbons (Fsp3) is 0.222. The molecule has 0 spiro atoms. The Morgan fingerprint density at radius 2 is 2.00 bits per heavy atom. The summed E-state index contributed by atoms with van der Waals surface area (Å²) in [6.45, 7) is 0.392. The molecular weight excluding hydrogens is 308 g/mol. The van der Waals surface area contributed by atoms with E-state index >= 15 is 0 Å². The van der Waals surface area contributed by atoms with Gasteiger partial charge in [0.05, 0.1) is 17.5 Å². The van der Waals surface area contributed by atoms with Crippen molar-refractivity contribution in [2.24, 2.45) is 0 Å². The standard InChI is InChI=1S/C18H14N2O2S/c21-12-9-20-16(14(12)10-5-2-1-3-6-10)19-17(22)15-11-7-4-8-13(11)23-18(15)20/h1-3,5-6,21H,4,7-9H2. The monoisotopic (exact) mass is 322 g/mol. The fourth-order valence-electron chi connectivity index (χ4n) is 3.71. The number of rotatable bonds is 1. The predicted octanol–water partition coefficient (Wildman–Crippen LogP) is 3.28. The Bertz CT molecular complexity index is 1040. The average Bonchev–Trinajstić information content (AvgIpc) is 3.20. The summed E-state index contributed by atoms with van der Waals surface area (Å²) < 4.78 is 2.00. The van der Waals surface area contributed by atoms with Crippen LogP contribution in [0.5, 0.6) is 0 Å². The van der Waals surface area contributed by atoms with Gasteiger partial charge in [0.1, 0.15) is 16.4 Å². The molecule has 0 saturated carbocycles. The van der Waals surface area contributed by atoms with Crippen molar-refractivity contribution >= 4 is 27.1 Å². The van der Waals surface area contributed by atoms with Crippen LogP contribution in [0, 0.1) is 0 Å². The zero-order chi connectivity index (χ0) is 15.6. The SMILES string of the molecule is O=c1nc2n(c3sc4c(c13)CCC4)CC(O)=C2c1ccccc1. The van der Waals surface area contributed by atoms with Gasteiger partial charge in [-0.15, -0.1) is 11.3 Å². The highest BCUT2D eigenvalue weighted by Crippen LogP contribution is 2.39. The van der Waals surface area contributed by atoms with Crippen molar-refractivity contribution in [3.05, 3.63) is 68.3 Å². The lowest BCUT2D eigenvalue weighted by Crippen LogP contribution is -2.15. The highest BCUT2D eigenvalue weighted by Gasteiger charge is 2.29. The Hall–Kier alpha value is -2.40. The Kier molecular flexibility index (Phi) is 2.59. The van der Waals surface area contributed by atoms with E-state index in [9.17, 15) is 9.90 Å². The Morgan fingerprint density at radius 1 is 1.17 bits per heavy atom. The van der Waals surface area contributed by atoms with Gasteiger partial charge in [-0.2, -0.15) is 4.98 Å². The third-order valence-electron chi connectivity index (χ3n) is 4.71. The van der Waals surface area contributed by atoms with Crippen LogP contribution in [0.2, 0.25) is 0 Å². The lowest BCUT2D eigenvalue weighted by atomic mass is 10.1. The maximum Gasteiger partial charge on any atom is 0.282 e. The molecule has 0 fully saturated rings. The number of allylic oxidation sites excluding steroid dienone is 1. The van der Waals surface area contributed by atoms with E-state index in [2.05, 4.69) is 4.98 Å². The molecule has 2 aromatic heterocycles. The third-order valence-corrected chi connectivity index (χ3v) is 6.02. The first-order valence-electron chi connectivity index (χ1n) is 7.77. The number of aliphatic hydroxyl groups is 1. The minimum absolute atomic E-state index is 0.159. The summed E-state index contributed by atoms with van der Waals surface area (Å²) in [7, 11) is 0. The van der Waals surface area contributed by atoms with Gasteiger partial charge in [-0.3, -0.25) is 4.79 Å². The van der Waals surface area contributed by atoms with Gasteiger partial charge >= 0.3 is 0 Å². The lowest BCUT2D eigenvalue weighted by molar-refractivity contribution is 0.389. The highest BCUT2D eigenvalue weighted by atomic mass is 32.1. The summed E-state index contributed by atoms with van der Waals surface area (Å²) in [6.07, 6.45) is 3.14. The topological polar surface area (TPSA) is 55.1 Å². The molecular formula is C18H14N2O2S. The number of hydrogen-bond donors (Lipinski definition) is 1. The molecule has 114 valence electrons. The van der Waals surface area contributed by atoms with Crippen LogP contribution in [0.15, 0.2) is 40.9 Å². The van der Waals surface area contributed by atoms with E-state index in [1.807, 2.05) is 34.9 Å². The first-order valence-corrected chi connectivity index (χ1v) is 8.58. The van der Waals surface area contributed by atoms with Crippen molar-refractivity contribution < 1.29 is 5.11 Å². The van der Waals surface area contributed by atoms with E-state index in [1.54, 1.807) is 11.3 Å². The van der Waals surface area contributed by atoms with Crippen molar-refractivity contribution in [3.8, 4) is 0 Å². The summed E-state index contributed by atoms with van der Waals surface area (Å²) in [5, 5.41) is 11.3. The number of thiophene rings is 1. The molecule has 0 radical (unpaired) electrons. The molecule has 0 saturated heterocycles. The summed E-state index contributed by atoms with van der Waals surface area (Å²) in [5.41, 5.74) is 2.60. The second-order valence-electron chi connectivity index (χ2n) is 6.05. The molecule has 5 heteroatoms. The highest BCUT2D eigenvalue weighted by molar-refractivity contribution is 7.19. The number of nitrogens with zero attached hydrogens (tertiary/aromatic N) is 2. The number of aromatic nitrogens is 2. The number of benzene rings is 1. The molecule has 0 bridgehead atoms. The lowest BCUT2D eigenvalue weighted by Gasteiger charge is -2.07. The minimum Gasteiger partial charge on any atom is -0.510 e. The van der Waals surface area contributed by atoms with Crippen molar-refractivity contribution in [2.75, 3.05) is 0 Å². The molecule has 1 aliphatic heterocycles. The fourth-order valence-corrected chi connectivity index (χ4v) is 5.09. The summed E-state index contributed by atoms with van der Waals surface area (Å²) in [6, 6.07) is 9.66. The van der Waals surface area contributed by atoms with Crippen LogP contribution in [-0.2, 0) is 19.4 Å². The molecule has 0 amide bonds. The molecule has 3 aromatic rings. The van der Waals surface area contributed by atoms with E-state index in [0.29, 0.717) is 17.9 Å². The molecule has 3 heterocycles. The van der Waals surface area contributed by atoms with Crippen LogP contribution in [0.4, 0.5) is 0 Å². The third kappa shape index (κ3) is 1.71. The molecule has 1 aliphatic carbocycles. The second-order valence-corrected chi connectivity index (χ2v) is 7.14. The van der Waals surface area contributed by atoms with Gasteiger partial charge in [0.25, 0.3) is 5.56 Å². The predicted molar refractivity (Wildman–Crippen MR) is 91.0 cm³/mol. The van der Waals surface area contributed by atoms with Crippen LogP contribution < -0.4 is 5.56 Å². The summed E-state index contributed by atoms with van der Waals surface area (Å²) >= 11 is 1.69. The van der Waals surface area contributed by atoms with Gasteiger partial charge in [0, 0.05) is 4.88 Å². The van der Waals surface area contributed by atoms with E-state index in [0.717, 1.165) is 35.0 Å². The molecule has 0 unspecified atom stereocenters. The van der Waals surface area contributed by atoms with Gasteiger partial charge in [-0.25, -0.2) is 0 Å². The minimum atomic E-state index is -0.159. The molecule has 1 N–H and O–H groups in total. The number of fused-ring (bicyclic) bond motifs is 5. The van der Waals surface area contributed by atoms with Gasteiger partial charge in [0.2, 0.25) is 0 Å². The maximum atomic E-state index is 12.6. The molecule has 23 heavy (non-hydrogen) atoms. The quantitative estimate of drug-likeness (QED) is 0.748. The number of aryl methyl sites for hydroxylation is 2. The largest absolute Gasteiger partial charge is 0.510 e. The molecule has 2 aliphatic rings. The van der Waals surface area contributed by atoms with Crippen LogP contribution >= 0.6 is 11.3 Å². The zero-order valence-electron chi connectivity index (χ0n) is 12.4. The molecule has 1 aromatic carbocycles. The van der Waals surface area contributed by atoms with E-state index in [1.165, 1.54) is 10.4 Å². The first-order chi connectivity index (χ1) is 11.2. The van der Waals surface area contributed by atoms with Gasteiger partial charge in [0.15, 0.2) is 0 Å². The van der Waals surface area contributed by atoms with Crippen LogP contribution in [0.3, 0.4) is 0 Å². The second kappa shape index (κ2) is 4.55. The van der Waals surface area contributed by atoms with Crippen LogP contribution in [0.25, 0.3) is 15.8 Å². The normalized spacial score (nSPS) is 16.2. The average molecular weight is 322 g/mol. The maximum absolute atomic E-state index is 12.6. The smallest absolute Gasteiger partial charge is 0.282 e. The van der Waals surface area contributed by atoms with Crippen molar-refractivity contribution in [3.63, 3.8) is 0 Å².